The highest BCUT2D eigenvalue weighted by Crippen LogP contribution is 2.12. The van der Waals surface area contributed by atoms with Crippen molar-refractivity contribution in [1.29, 1.82) is 0 Å². The van der Waals surface area contributed by atoms with Gasteiger partial charge in [-0.05, 0) is 25.0 Å². The molecule has 0 fully saturated rings. The quantitative estimate of drug-likeness (QED) is 0.795. The molecular formula is C12H13N3O. The summed E-state index contributed by atoms with van der Waals surface area (Å²) in [5, 5.41) is 6.25. The van der Waals surface area contributed by atoms with Crippen LogP contribution in [0, 0.1) is 13.8 Å². The van der Waals surface area contributed by atoms with E-state index in [1.807, 2.05) is 32.0 Å². The molecule has 0 atom stereocenters. The van der Waals surface area contributed by atoms with Gasteiger partial charge < -0.3 is 0 Å². The number of aryl methyl sites for hydroxylation is 2. The highest BCUT2D eigenvalue weighted by Gasteiger charge is 2.11. The van der Waals surface area contributed by atoms with Crippen LogP contribution in [0.3, 0.4) is 0 Å². The SMILES string of the molecule is Cc1ccc(C)c(CC(=O)c2ncn[nH]2)c1. The van der Waals surface area contributed by atoms with E-state index in [4.69, 9.17) is 0 Å². The van der Waals surface area contributed by atoms with Gasteiger partial charge in [0.05, 0.1) is 0 Å². The molecule has 16 heavy (non-hydrogen) atoms. The number of hydrogen-bond donors (Lipinski definition) is 1. The summed E-state index contributed by atoms with van der Waals surface area (Å²) in [5.41, 5.74) is 3.32. The molecule has 0 spiro atoms. The lowest BCUT2D eigenvalue weighted by atomic mass is 10.0. The molecule has 1 aromatic carbocycles. The van der Waals surface area contributed by atoms with Gasteiger partial charge in [-0.15, -0.1) is 0 Å². The third-order valence-electron chi connectivity index (χ3n) is 2.53. The number of carbonyl (C=O) groups excluding carboxylic acids is 1. The number of ketones is 1. The molecule has 0 saturated heterocycles. The highest BCUT2D eigenvalue weighted by molar-refractivity contribution is 5.94. The van der Waals surface area contributed by atoms with E-state index in [0.29, 0.717) is 12.2 Å². The highest BCUT2D eigenvalue weighted by atomic mass is 16.1. The first-order chi connectivity index (χ1) is 7.66. The predicted octanol–water partition coefficient (Wildman–Crippen LogP) is 1.85. The van der Waals surface area contributed by atoms with Crippen LogP contribution >= 0.6 is 0 Å². The average Bonchev–Trinajstić information content (AvgIpc) is 2.76. The minimum absolute atomic E-state index is 0.0359. The third kappa shape index (κ3) is 2.16. The summed E-state index contributed by atoms with van der Waals surface area (Å²) >= 11 is 0. The van der Waals surface area contributed by atoms with Crippen LogP contribution in [0.1, 0.15) is 27.3 Å². The van der Waals surface area contributed by atoms with Crippen molar-refractivity contribution in [1.82, 2.24) is 15.2 Å². The molecule has 0 aliphatic carbocycles. The second-order valence-corrected chi connectivity index (χ2v) is 3.86. The van der Waals surface area contributed by atoms with Crippen molar-refractivity contribution < 1.29 is 4.79 Å². The molecule has 82 valence electrons. The first-order valence-electron chi connectivity index (χ1n) is 5.11. The van der Waals surface area contributed by atoms with Gasteiger partial charge in [0.1, 0.15) is 6.33 Å². The van der Waals surface area contributed by atoms with Gasteiger partial charge in [0.2, 0.25) is 5.78 Å². The summed E-state index contributed by atoms with van der Waals surface area (Å²) in [4.78, 5) is 15.7. The monoisotopic (exact) mass is 215 g/mol. The van der Waals surface area contributed by atoms with Crippen molar-refractivity contribution in [3.05, 3.63) is 47.0 Å². The summed E-state index contributed by atoms with van der Waals surface area (Å²) in [6.45, 7) is 4.02. The normalized spacial score (nSPS) is 10.4. The number of Topliss-reactive ketones (excluding diaryl/α,β-unsaturated/α-hetero) is 1. The summed E-state index contributed by atoms with van der Waals surface area (Å²) in [6, 6.07) is 6.10. The molecule has 4 heteroatoms. The van der Waals surface area contributed by atoms with Crippen LogP contribution in [0.4, 0.5) is 0 Å². The van der Waals surface area contributed by atoms with Gasteiger partial charge in [-0.3, -0.25) is 9.89 Å². The fraction of sp³-hybridized carbons (Fsp3) is 0.250. The van der Waals surface area contributed by atoms with Crippen LogP contribution in [-0.2, 0) is 6.42 Å². The number of hydrogen-bond acceptors (Lipinski definition) is 3. The van der Waals surface area contributed by atoms with Gasteiger partial charge in [-0.25, -0.2) is 4.98 Å². The molecule has 0 aliphatic rings. The number of aromatic nitrogens is 3. The van der Waals surface area contributed by atoms with Crippen LogP contribution < -0.4 is 0 Å². The second kappa shape index (κ2) is 4.26. The van der Waals surface area contributed by atoms with Crippen molar-refractivity contribution in [2.24, 2.45) is 0 Å². The van der Waals surface area contributed by atoms with Crippen LogP contribution in [0.25, 0.3) is 0 Å². The Morgan fingerprint density at radius 1 is 1.38 bits per heavy atom. The first kappa shape index (κ1) is 10.5. The van der Waals surface area contributed by atoms with Gasteiger partial charge >= 0.3 is 0 Å². The molecule has 1 heterocycles. The Bertz CT molecular complexity index is 503. The van der Waals surface area contributed by atoms with Crippen molar-refractivity contribution in [3.63, 3.8) is 0 Å². The lowest BCUT2D eigenvalue weighted by Gasteiger charge is -2.04. The Morgan fingerprint density at radius 3 is 2.88 bits per heavy atom. The van der Waals surface area contributed by atoms with Crippen LogP contribution in [0.5, 0.6) is 0 Å². The Morgan fingerprint density at radius 2 is 2.19 bits per heavy atom. The molecule has 4 nitrogen and oxygen atoms in total. The van der Waals surface area contributed by atoms with Gasteiger partial charge in [0.25, 0.3) is 0 Å². The molecule has 2 aromatic rings. The van der Waals surface area contributed by atoms with E-state index >= 15 is 0 Å². The largest absolute Gasteiger partial charge is 0.290 e. The third-order valence-corrected chi connectivity index (χ3v) is 2.53. The average molecular weight is 215 g/mol. The summed E-state index contributed by atoms with van der Waals surface area (Å²) < 4.78 is 0. The van der Waals surface area contributed by atoms with E-state index in [2.05, 4.69) is 15.2 Å². The maximum Gasteiger partial charge on any atom is 0.203 e. The maximum absolute atomic E-state index is 11.8. The zero-order valence-electron chi connectivity index (χ0n) is 9.32. The zero-order chi connectivity index (χ0) is 11.5. The number of aromatic amines is 1. The van der Waals surface area contributed by atoms with E-state index in [0.717, 1.165) is 16.7 Å². The minimum atomic E-state index is -0.0359. The number of nitrogens with one attached hydrogen (secondary N) is 1. The molecule has 1 aromatic heterocycles. The zero-order valence-corrected chi connectivity index (χ0v) is 9.32. The summed E-state index contributed by atoms with van der Waals surface area (Å²) in [5.74, 6) is 0.284. The van der Waals surface area contributed by atoms with Gasteiger partial charge in [-0.1, -0.05) is 23.8 Å². The van der Waals surface area contributed by atoms with E-state index in [9.17, 15) is 4.79 Å². The lowest BCUT2D eigenvalue weighted by Crippen LogP contribution is -2.07. The first-order valence-corrected chi connectivity index (χ1v) is 5.11. The lowest BCUT2D eigenvalue weighted by molar-refractivity contribution is 0.0983. The van der Waals surface area contributed by atoms with Crippen LogP contribution in [0.2, 0.25) is 0 Å². The fourth-order valence-electron chi connectivity index (χ4n) is 1.59. The van der Waals surface area contributed by atoms with Crippen molar-refractivity contribution in [2.45, 2.75) is 20.3 Å². The number of nitrogens with zero attached hydrogens (tertiary/aromatic N) is 2. The topological polar surface area (TPSA) is 58.6 Å². The number of carbonyl (C=O) groups is 1. The number of benzene rings is 1. The van der Waals surface area contributed by atoms with E-state index < -0.39 is 0 Å². The number of H-pyrrole nitrogens is 1. The maximum atomic E-state index is 11.8. The molecular weight excluding hydrogens is 202 g/mol. The molecule has 0 unspecified atom stereocenters. The standard InChI is InChI=1S/C12H13N3O/c1-8-3-4-9(2)10(5-8)6-11(16)12-13-7-14-15-12/h3-5,7H,6H2,1-2H3,(H,13,14,15). The van der Waals surface area contributed by atoms with Gasteiger partial charge in [-0.2, -0.15) is 5.10 Å². The van der Waals surface area contributed by atoms with Crippen LogP contribution in [0.15, 0.2) is 24.5 Å². The Labute approximate surface area is 93.7 Å². The van der Waals surface area contributed by atoms with Crippen molar-refractivity contribution >= 4 is 5.78 Å². The van der Waals surface area contributed by atoms with Gasteiger partial charge in [0.15, 0.2) is 5.82 Å². The molecule has 1 N–H and O–H groups in total. The second-order valence-electron chi connectivity index (χ2n) is 3.86. The molecule has 0 saturated carbocycles. The van der Waals surface area contributed by atoms with E-state index in [1.165, 1.54) is 6.33 Å². The Balaban J connectivity index is 2.21. The predicted molar refractivity (Wildman–Crippen MR) is 60.3 cm³/mol. The van der Waals surface area contributed by atoms with Gasteiger partial charge in [0, 0.05) is 6.42 Å². The van der Waals surface area contributed by atoms with Crippen molar-refractivity contribution in [3.8, 4) is 0 Å². The van der Waals surface area contributed by atoms with E-state index in [-0.39, 0.29) is 5.78 Å². The molecule has 2 rings (SSSR count). The summed E-state index contributed by atoms with van der Waals surface area (Å²) in [7, 11) is 0. The number of rotatable bonds is 3. The molecule has 0 aliphatic heterocycles. The molecule has 0 amide bonds. The molecule has 0 bridgehead atoms. The minimum Gasteiger partial charge on any atom is -0.290 e. The Hall–Kier alpha value is -1.97. The summed E-state index contributed by atoms with van der Waals surface area (Å²) in [6.07, 6.45) is 1.71. The smallest absolute Gasteiger partial charge is 0.203 e. The van der Waals surface area contributed by atoms with E-state index in [1.54, 1.807) is 0 Å². The fourth-order valence-corrected chi connectivity index (χ4v) is 1.59. The molecule has 0 radical (unpaired) electrons. The van der Waals surface area contributed by atoms with Crippen LogP contribution in [-0.4, -0.2) is 21.0 Å². The van der Waals surface area contributed by atoms with Crippen molar-refractivity contribution in [2.75, 3.05) is 0 Å². The Kier molecular flexibility index (Phi) is 2.81.